The number of rotatable bonds is 4. The summed E-state index contributed by atoms with van der Waals surface area (Å²) in [5.74, 6) is 1.36. The van der Waals surface area contributed by atoms with Crippen molar-refractivity contribution in [1.82, 2.24) is 14.8 Å². The number of aryl methyl sites for hydroxylation is 1. The maximum Gasteiger partial charge on any atom is 0.166 e. The molecule has 0 aliphatic carbocycles. The number of fused-ring (bicyclic) bond motifs is 1. The molecule has 7 nitrogen and oxygen atoms in total. The molecule has 2 heterocycles. The number of nitrogen functional groups attached to an aromatic ring is 1. The van der Waals surface area contributed by atoms with E-state index >= 15 is 0 Å². The molecular weight excluding hydrogens is 366 g/mol. The van der Waals surface area contributed by atoms with E-state index in [0.717, 1.165) is 22.3 Å². The summed E-state index contributed by atoms with van der Waals surface area (Å²) in [5, 5.41) is 15.3. The van der Waals surface area contributed by atoms with E-state index in [1.54, 1.807) is 25.0 Å². The number of nitriles is 1. The minimum Gasteiger partial charge on any atom is -0.497 e. The molecule has 0 bridgehead atoms. The van der Waals surface area contributed by atoms with Crippen LogP contribution in [-0.2, 0) is 0 Å². The second kappa shape index (κ2) is 7.17. The van der Waals surface area contributed by atoms with Crippen LogP contribution in [0, 0.1) is 18.3 Å². The van der Waals surface area contributed by atoms with E-state index in [1.807, 2.05) is 49.4 Å². The number of nitrogens with zero attached hydrogens (tertiary/aromatic N) is 4. The molecule has 2 aromatic carbocycles. The Morgan fingerprint density at radius 1 is 1.07 bits per heavy atom. The van der Waals surface area contributed by atoms with E-state index in [9.17, 15) is 5.26 Å². The van der Waals surface area contributed by atoms with E-state index in [4.69, 9.17) is 15.2 Å². The zero-order valence-corrected chi connectivity index (χ0v) is 16.3. The van der Waals surface area contributed by atoms with Crippen LogP contribution in [0.3, 0.4) is 0 Å². The molecule has 0 fully saturated rings. The van der Waals surface area contributed by atoms with Gasteiger partial charge < -0.3 is 15.2 Å². The highest BCUT2D eigenvalue weighted by Crippen LogP contribution is 2.41. The molecule has 0 saturated heterocycles. The Bertz CT molecular complexity index is 1260. The fourth-order valence-electron chi connectivity index (χ4n) is 3.47. The molecule has 2 N–H and O–H groups in total. The van der Waals surface area contributed by atoms with Gasteiger partial charge >= 0.3 is 0 Å². The van der Waals surface area contributed by atoms with Gasteiger partial charge in [0.15, 0.2) is 5.65 Å². The highest BCUT2D eigenvalue weighted by molar-refractivity contribution is 6.02. The first-order valence-electron chi connectivity index (χ1n) is 8.95. The minimum atomic E-state index is 0.143. The van der Waals surface area contributed by atoms with Gasteiger partial charge in [-0.3, -0.25) is 0 Å². The molecule has 7 heteroatoms. The van der Waals surface area contributed by atoms with E-state index in [2.05, 4.69) is 16.2 Å². The Kier molecular flexibility index (Phi) is 4.53. The maximum atomic E-state index is 9.84. The third-order valence-corrected chi connectivity index (χ3v) is 4.81. The third kappa shape index (κ3) is 2.91. The summed E-state index contributed by atoms with van der Waals surface area (Å²) >= 11 is 0. The number of para-hydroxylation sites is 1. The van der Waals surface area contributed by atoms with E-state index < -0.39 is 0 Å². The standard InChI is InChI=1S/C22H19N5O2/c1-13-19-20(16-10-9-15(28-2)11-18(16)29-3)17(12-23)21(24)25-22(19)27(26-13)14-7-5-4-6-8-14/h4-11H,1-3H3,(H2,24,25). The summed E-state index contributed by atoms with van der Waals surface area (Å²) in [6.07, 6.45) is 0. The number of benzene rings is 2. The van der Waals surface area contributed by atoms with Gasteiger partial charge in [0, 0.05) is 17.2 Å². The number of anilines is 1. The van der Waals surface area contributed by atoms with Gasteiger partial charge in [-0.05, 0) is 31.2 Å². The van der Waals surface area contributed by atoms with Crippen LogP contribution in [0.5, 0.6) is 11.5 Å². The average molecular weight is 385 g/mol. The van der Waals surface area contributed by atoms with Crippen LogP contribution >= 0.6 is 0 Å². The van der Waals surface area contributed by atoms with Gasteiger partial charge in [0.25, 0.3) is 0 Å². The molecule has 0 unspecified atom stereocenters. The summed E-state index contributed by atoms with van der Waals surface area (Å²) < 4.78 is 12.6. The predicted molar refractivity (Wildman–Crippen MR) is 111 cm³/mol. The Balaban J connectivity index is 2.12. The zero-order chi connectivity index (χ0) is 20.5. The monoisotopic (exact) mass is 385 g/mol. The van der Waals surface area contributed by atoms with Crippen molar-refractivity contribution in [1.29, 1.82) is 5.26 Å². The summed E-state index contributed by atoms with van der Waals surface area (Å²) in [7, 11) is 3.16. The Labute approximate surface area is 167 Å². The first-order chi connectivity index (χ1) is 14.1. The number of nitrogens with two attached hydrogens (primary N) is 1. The molecule has 0 saturated carbocycles. The fourth-order valence-corrected chi connectivity index (χ4v) is 3.47. The summed E-state index contributed by atoms with van der Waals surface area (Å²) in [6.45, 7) is 1.89. The molecule has 0 aliphatic heterocycles. The van der Waals surface area contributed by atoms with E-state index in [-0.39, 0.29) is 11.4 Å². The largest absolute Gasteiger partial charge is 0.497 e. The van der Waals surface area contributed by atoms with Crippen molar-refractivity contribution in [3.8, 4) is 34.4 Å². The number of ether oxygens (including phenoxy) is 2. The molecule has 4 rings (SSSR count). The summed E-state index contributed by atoms with van der Waals surface area (Å²) in [6, 6.07) is 17.3. The summed E-state index contributed by atoms with van der Waals surface area (Å²) in [4.78, 5) is 4.51. The number of hydrogen-bond donors (Lipinski definition) is 1. The number of aromatic nitrogens is 3. The topological polar surface area (TPSA) is 99.0 Å². The van der Waals surface area contributed by atoms with E-state index in [1.165, 1.54) is 0 Å². The molecule has 144 valence electrons. The predicted octanol–water partition coefficient (Wildman–Crippen LogP) is 3.87. The van der Waals surface area contributed by atoms with Crippen LogP contribution < -0.4 is 15.2 Å². The lowest BCUT2D eigenvalue weighted by atomic mass is 9.96. The van der Waals surface area contributed by atoms with Gasteiger partial charge in [-0.25, -0.2) is 9.67 Å². The lowest BCUT2D eigenvalue weighted by Gasteiger charge is -2.14. The van der Waals surface area contributed by atoms with Gasteiger partial charge in [-0.15, -0.1) is 0 Å². The lowest BCUT2D eigenvalue weighted by molar-refractivity contribution is 0.395. The molecule has 0 aliphatic rings. The van der Waals surface area contributed by atoms with Gasteiger partial charge in [0.2, 0.25) is 0 Å². The molecule has 0 spiro atoms. The van der Waals surface area contributed by atoms with Crippen molar-refractivity contribution in [2.45, 2.75) is 6.92 Å². The Morgan fingerprint density at radius 2 is 1.83 bits per heavy atom. The number of hydrogen-bond acceptors (Lipinski definition) is 6. The second-order valence-electron chi connectivity index (χ2n) is 6.46. The quantitative estimate of drug-likeness (QED) is 0.572. The average Bonchev–Trinajstić information content (AvgIpc) is 3.08. The fraction of sp³-hybridized carbons (Fsp3) is 0.136. The Morgan fingerprint density at radius 3 is 2.48 bits per heavy atom. The van der Waals surface area contributed by atoms with Gasteiger partial charge in [0.1, 0.15) is 28.9 Å². The number of pyridine rings is 1. The van der Waals surface area contributed by atoms with Crippen molar-refractivity contribution < 1.29 is 9.47 Å². The number of methoxy groups -OCH3 is 2. The minimum absolute atomic E-state index is 0.143. The SMILES string of the molecule is COc1ccc(-c2c(C#N)c(N)nc3c2c(C)nn3-c2ccccc2)c(OC)c1. The highest BCUT2D eigenvalue weighted by atomic mass is 16.5. The van der Waals surface area contributed by atoms with Crippen molar-refractivity contribution in [3.63, 3.8) is 0 Å². The molecular formula is C22H19N5O2. The normalized spacial score (nSPS) is 10.7. The van der Waals surface area contributed by atoms with Crippen LogP contribution in [0.2, 0.25) is 0 Å². The zero-order valence-electron chi connectivity index (χ0n) is 16.3. The molecule has 0 atom stereocenters. The smallest absolute Gasteiger partial charge is 0.166 e. The van der Waals surface area contributed by atoms with E-state index in [0.29, 0.717) is 22.7 Å². The molecule has 29 heavy (non-hydrogen) atoms. The maximum absolute atomic E-state index is 9.84. The van der Waals surface area contributed by atoms with Gasteiger partial charge in [0.05, 0.1) is 31.0 Å². The second-order valence-corrected chi connectivity index (χ2v) is 6.46. The molecule has 0 radical (unpaired) electrons. The van der Waals surface area contributed by atoms with Crippen molar-refractivity contribution in [2.75, 3.05) is 20.0 Å². The van der Waals surface area contributed by atoms with Crippen LogP contribution in [-0.4, -0.2) is 29.0 Å². The lowest BCUT2D eigenvalue weighted by Crippen LogP contribution is -2.03. The van der Waals surface area contributed by atoms with Gasteiger partial charge in [-0.2, -0.15) is 10.4 Å². The van der Waals surface area contributed by atoms with Gasteiger partial charge in [-0.1, -0.05) is 18.2 Å². The summed E-state index contributed by atoms with van der Waals surface area (Å²) in [5.41, 5.74) is 10.0. The van der Waals surface area contributed by atoms with Crippen molar-refractivity contribution in [3.05, 3.63) is 59.8 Å². The van der Waals surface area contributed by atoms with Crippen LogP contribution in [0.25, 0.3) is 27.8 Å². The van der Waals surface area contributed by atoms with Crippen LogP contribution in [0.15, 0.2) is 48.5 Å². The highest BCUT2D eigenvalue weighted by Gasteiger charge is 2.23. The first-order valence-corrected chi connectivity index (χ1v) is 8.95. The molecule has 4 aromatic rings. The Hall–Kier alpha value is -4.05. The van der Waals surface area contributed by atoms with Crippen LogP contribution in [0.4, 0.5) is 5.82 Å². The third-order valence-electron chi connectivity index (χ3n) is 4.81. The van der Waals surface area contributed by atoms with Crippen molar-refractivity contribution >= 4 is 16.9 Å². The molecule has 0 amide bonds. The first kappa shape index (κ1) is 18.3. The van der Waals surface area contributed by atoms with Crippen molar-refractivity contribution in [2.24, 2.45) is 0 Å². The van der Waals surface area contributed by atoms with Crippen LogP contribution in [0.1, 0.15) is 11.3 Å². The molecule has 2 aromatic heterocycles.